The lowest BCUT2D eigenvalue weighted by atomic mass is 9.78. The Balaban J connectivity index is 2.79. The van der Waals surface area contributed by atoms with Gasteiger partial charge in [0, 0.05) is 8.27 Å². The highest BCUT2D eigenvalue weighted by Crippen LogP contribution is 2.27. The molecule has 0 aliphatic heterocycles. The molecule has 0 spiro atoms. The number of hydrogen-bond donors (Lipinski definition) is 3. The Kier molecular flexibility index (Phi) is 2.69. The Morgan fingerprint density at radius 2 is 2.00 bits per heavy atom. The Bertz CT molecular complexity index is 485. The van der Waals surface area contributed by atoms with Crippen LogP contribution < -0.4 is 11.2 Å². The summed E-state index contributed by atoms with van der Waals surface area (Å²) in [5.74, 6) is 0. The third-order valence-corrected chi connectivity index (χ3v) is 3.47. The maximum Gasteiger partial charge on any atom is 0.489 e. The van der Waals surface area contributed by atoms with Gasteiger partial charge in [-0.3, -0.25) is 0 Å². The fraction of sp³-hybridized carbons (Fsp3) is 0. The van der Waals surface area contributed by atoms with Crippen molar-refractivity contribution in [2.24, 2.45) is 0 Å². The van der Waals surface area contributed by atoms with E-state index < -0.39 is 7.12 Å². The number of thiophene rings is 1. The quantitative estimate of drug-likeness (QED) is 0.537. The van der Waals surface area contributed by atoms with Crippen molar-refractivity contribution in [2.75, 3.05) is 5.73 Å². The molecule has 2 aromatic rings. The molecule has 0 aliphatic carbocycles. The van der Waals surface area contributed by atoms with Gasteiger partial charge in [0.15, 0.2) is 0 Å². The minimum absolute atomic E-state index is 0.514. The molecule has 0 bridgehead atoms. The summed E-state index contributed by atoms with van der Waals surface area (Å²) in [6.45, 7) is 0. The highest BCUT2D eigenvalue weighted by molar-refractivity contribution is 14.1. The van der Waals surface area contributed by atoms with E-state index in [1.54, 1.807) is 12.1 Å². The fourth-order valence-electron chi connectivity index (χ4n) is 1.36. The van der Waals surface area contributed by atoms with Crippen LogP contribution in [-0.4, -0.2) is 17.2 Å². The van der Waals surface area contributed by atoms with Crippen LogP contribution in [0.25, 0.3) is 10.1 Å². The molecule has 1 heterocycles. The van der Waals surface area contributed by atoms with Crippen molar-refractivity contribution in [1.82, 2.24) is 0 Å². The zero-order valence-corrected chi connectivity index (χ0v) is 10.0. The highest BCUT2D eigenvalue weighted by atomic mass is 127. The lowest BCUT2D eigenvalue weighted by Crippen LogP contribution is -2.30. The Morgan fingerprint density at radius 1 is 1.29 bits per heavy atom. The molecule has 0 amide bonds. The minimum atomic E-state index is -1.44. The number of nitrogen functional groups attached to an aromatic ring is 1. The van der Waals surface area contributed by atoms with Gasteiger partial charge in [-0.2, -0.15) is 0 Å². The summed E-state index contributed by atoms with van der Waals surface area (Å²) < 4.78 is 1.96. The molecule has 0 saturated carbocycles. The molecule has 72 valence electrons. The van der Waals surface area contributed by atoms with E-state index in [4.69, 9.17) is 5.73 Å². The number of fused-ring (bicyclic) bond motifs is 1. The molecule has 6 heteroatoms. The third-order valence-electron chi connectivity index (χ3n) is 1.93. The van der Waals surface area contributed by atoms with Crippen LogP contribution in [0.3, 0.4) is 0 Å². The van der Waals surface area contributed by atoms with Crippen LogP contribution in [0.1, 0.15) is 0 Å². The summed E-state index contributed by atoms with van der Waals surface area (Å²) in [7, 11) is -1.44. The molecule has 0 fully saturated rings. The zero-order valence-electron chi connectivity index (χ0n) is 7.07. The zero-order chi connectivity index (χ0) is 10.3. The molecule has 3 nitrogen and oxygen atoms in total. The van der Waals surface area contributed by atoms with Gasteiger partial charge in [-0.05, 0) is 51.6 Å². The molecule has 0 radical (unpaired) electrons. The van der Waals surface area contributed by atoms with Crippen molar-refractivity contribution >= 4 is 61.6 Å². The molecule has 0 unspecified atom stereocenters. The van der Waals surface area contributed by atoms with Gasteiger partial charge < -0.3 is 15.8 Å². The van der Waals surface area contributed by atoms with Crippen molar-refractivity contribution in [3.63, 3.8) is 0 Å². The first-order valence-corrected chi connectivity index (χ1v) is 5.82. The van der Waals surface area contributed by atoms with Crippen LogP contribution in [0.5, 0.6) is 0 Å². The summed E-state index contributed by atoms with van der Waals surface area (Å²) >= 11 is 3.59. The summed E-state index contributed by atoms with van der Waals surface area (Å²) in [5.41, 5.74) is 6.18. The predicted octanol–water partition coefficient (Wildman–Crippen LogP) is 0.768. The maximum atomic E-state index is 9.17. The van der Waals surface area contributed by atoms with E-state index in [2.05, 4.69) is 22.6 Å². The summed E-state index contributed by atoms with van der Waals surface area (Å²) in [5, 5.41) is 19.8. The van der Waals surface area contributed by atoms with E-state index in [0.717, 1.165) is 13.7 Å². The van der Waals surface area contributed by atoms with Crippen molar-refractivity contribution in [1.29, 1.82) is 0 Å². The Morgan fingerprint density at radius 3 is 2.64 bits per heavy atom. The van der Waals surface area contributed by atoms with E-state index in [1.807, 2.05) is 6.07 Å². The summed E-state index contributed by atoms with van der Waals surface area (Å²) in [6, 6.07) is 5.49. The normalized spacial score (nSPS) is 10.8. The summed E-state index contributed by atoms with van der Waals surface area (Å²) in [4.78, 5) is 0. The number of nitrogens with two attached hydrogens (primary N) is 1. The van der Waals surface area contributed by atoms with Crippen molar-refractivity contribution < 1.29 is 10.0 Å². The minimum Gasteiger partial charge on any atom is -0.423 e. The molecule has 0 saturated heterocycles. The summed E-state index contributed by atoms with van der Waals surface area (Å²) in [6.07, 6.45) is 0. The number of anilines is 1. The first-order valence-electron chi connectivity index (χ1n) is 3.92. The average molecular weight is 319 g/mol. The van der Waals surface area contributed by atoms with E-state index >= 15 is 0 Å². The van der Waals surface area contributed by atoms with E-state index in [9.17, 15) is 10.0 Å². The van der Waals surface area contributed by atoms with E-state index in [0.29, 0.717) is 10.5 Å². The van der Waals surface area contributed by atoms with Crippen LogP contribution in [0.4, 0.5) is 5.00 Å². The van der Waals surface area contributed by atoms with Crippen molar-refractivity contribution in [3.8, 4) is 0 Å². The van der Waals surface area contributed by atoms with Gasteiger partial charge in [0.25, 0.3) is 0 Å². The standard InChI is InChI=1S/C8H7BINO2S/c10-4-1-6(9(12)13)5-3-8(11)14-7(5)2-4/h1-3,12-13H,11H2. The van der Waals surface area contributed by atoms with Crippen LogP contribution >= 0.6 is 33.9 Å². The number of hydrogen-bond acceptors (Lipinski definition) is 4. The van der Waals surface area contributed by atoms with Crippen molar-refractivity contribution in [2.45, 2.75) is 0 Å². The second-order valence-corrected chi connectivity index (χ2v) is 5.29. The van der Waals surface area contributed by atoms with Gasteiger partial charge >= 0.3 is 7.12 Å². The van der Waals surface area contributed by atoms with E-state index in [-0.39, 0.29) is 0 Å². The van der Waals surface area contributed by atoms with Gasteiger partial charge in [-0.25, -0.2) is 0 Å². The predicted molar refractivity (Wildman–Crippen MR) is 68.8 cm³/mol. The smallest absolute Gasteiger partial charge is 0.423 e. The lowest BCUT2D eigenvalue weighted by Gasteiger charge is -2.02. The number of halogens is 1. The maximum absolute atomic E-state index is 9.17. The highest BCUT2D eigenvalue weighted by Gasteiger charge is 2.16. The first kappa shape index (κ1) is 10.2. The van der Waals surface area contributed by atoms with Crippen LogP contribution in [0.15, 0.2) is 18.2 Å². The molecule has 1 aromatic heterocycles. The first-order chi connectivity index (χ1) is 6.58. The number of rotatable bonds is 1. The molecular formula is C8H7BINO2S. The van der Waals surface area contributed by atoms with Crippen molar-refractivity contribution in [3.05, 3.63) is 21.8 Å². The second-order valence-electron chi connectivity index (χ2n) is 2.93. The molecule has 1 aromatic carbocycles. The van der Waals surface area contributed by atoms with E-state index in [1.165, 1.54) is 11.3 Å². The van der Waals surface area contributed by atoms with Crippen LogP contribution in [0.2, 0.25) is 0 Å². The Labute approximate surface area is 98.8 Å². The van der Waals surface area contributed by atoms with Gasteiger partial charge in [0.05, 0.1) is 5.00 Å². The fourth-order valence-corrected chi connectivity index (χ4v) is 3.13. The SMILES string of the molecule is Nc1cc2c(B(O)O)cc(I)cc2s1. The van der Waals surface area contributed by atoms with Gasteiger partial charge in [0.2, 0.25) is 0 Å². The topological polar surface area (TPSA) is 66.5 Å². The van der Waals surface area contributed by atoms with Gasteiger partial charge in [-0.15, -0.1) is 11.3 Å². The average Bonchev–Trinajstić information content (AvgIpc) is 2.42. The molecule has 0 aliphatic rings. The third kappa shape index (κ3) is 1.74. The number of benzene rings is 1. The van der Waals surface area contributed by atoms with Crippen LogP contribution in [0, 0.1) is 3.57 Å². The largest absolute Gasteiger partial charge is 0.489 e. The Hall–Kier alpha value is -0.305. The molecule has 4 N–H and O–H groups in total. The molecular weight excluding hydrogens is 312 g/mol. The molecule has 0 atom stereocenters. The molecule has 14 heavy (non-hydrogen) atoms. The molecule has 2 rings (SSSR count). The van der Waals surface area contributed by atoms with Crippen LogP contribution in [-0.2, 0) is 0 Å². The monoisotopic (exact) mass is 319 g/mol. The second kappa shape index (κ2) is 3.69. The van der Waals surface area contributed by atoms with Gasteiger partial charge in [0.1, 0.15) is 0 Å². The lowest BCUT2D eigenvalue weighted by molar-refractivity contribution is 0.426. The van der Waals surface area contributed by atoms with Gasteiger partial charge in [-0.1, -0.05) is 0 Å².